The molecule has 2 heterocycles. The molecular weight excluding hydrogens is 497 g/mol. The van der Waals surface area contributed by atoms with Gasteiger partial charge < -0.3 is 20.3 Å². The minimum atomic E-state index is -0.931. The molecule has 2 aromatic heterocycles. The average molecular weight is 525 g/mol. The fourth-order valence-electron chi connectivity index (χ4n) is 2.78. The molecular formula is C21H28IN5OS. The van der Waals surface area contributed by atoms with Gasteiger partial charge in [0.2, 0.25) is 0 Å². The van der Waals surface area contributed by atoms with Crippen molar-refractivity contribution >= 4 is 41.3 Å². The second kappa shape index (κ2) is 11.3. The standard InChI is InChI=1S/C21H27N5OS.HI/c1-3-23-20(25-15-21(2,27)19-5-4-12-28-19)24-13-17-6-8-18(9-7-17)14-26-11-10-22-16-26;/h4-12,16,27H,3,13-15H2,1-2H3,(H2,23,24,25);1H. The Morgan fingerprint density at radius 2 is 1.97 bits per heavy atom. The number of imidazole rings is 1. The third kappa shape index (κ3) is 7.13. The molecule has 3 N–H and O–H groups in total. The molecule has 0 aliphatic heterocycles. The van der Waals surface area contributed by atoms with Gasteiger partial charge in [0, 0.05) is 30.4 Å². The summed E-state index contributed by atoms with van der Waals surface area (Å²) in [6, 6.07) is 12.3. The third-order valence-corrected chi connectivity index (χ3v) is 5.49. The number of guanidine groups is 1. The molecule has 0 fully saturated rings. The minimum absolute atomic E-state index is 0. The number of nitrogens with zero attached hydrogens (tertiary/aromatic N) is 3. The normalized spacial score (nSPS) is 13.4. The molecule has 1 atom stereocenters. The van der Waals surface area contributed by atoms with Crippen LogP contribution in [0.1, 0.15) is 29.9 Å². The van der Waals surface area contributed by atoms with E-state index in [0.29, 0.717) is 19.0 Å². The van der Waals surface area contributed by atoms with Gasteiger partial charge in [-0.25, -0.2) is 9.98 Å². The molecule has 3 aromatic rings. The van der Waals surface area contributed by atoms with E-state index >= 15 is 0 Å². The molecule has 0 amide bonds. The predicted molar refractivity (Wildman–Crippen MR) is 130 cm³/mol. The fraction of sp³-hybridized carbons (Fsp3) is 0.333. The largest absolute Gasteiger partial charge is 0.383 e. The van der Waals surface area contributed by atoms with Gasteiger partial charge in [-0.1, -0.05) is 30.3 Å². The van der Waals surface area contributed by atoms with Gasteiger partial charge in [0.25, 0.3) is 0 Å². The number of thiophene rings is 1. The van der Waals surface area contributed by atoms with E-state index in [4.69, 9.17) is 0 Å². The van der Waals surface area contributed by atoms with Crippen molar-refractivity contribution in [2.24, 2.45) is 4.99 Å². The Hall–Kier alpha value is -1.91. The quantitative estimate of drug-likeness (QED) is 0.239. The zero-order valence-corrected chi connectivity index (χ0v) is 19.9. The number of hydrogen-bond acceptors (Lipinski definition) is 4. The topological polar surface area (TPSA) is 74.5 Å². The maximum atomic E-state index is 10.7. The molecule has 0 spiro atoms. The fourth-order valence-corrected chi connectivity index (χ4v) is 3.57. The Labute approximate surface area is 193 Å². The number of benzene rings is 1. The summed E-state index contributed by atoms with van der Waals surface area (Å²) in [5.41, 5.74) is 1.43. The summed E-state index contributed by atoms with van der Waals surface area (Å²) in [4.78, 5) is 9.65. The van der Waals surface area contributed by atoms with Crippen LogP contribution in [0.5, 0.6) is 0 Å². The SMILES string of the molecule is CCNC(=NCc1ccc(Cn2ccnc2)cc1)NCC(C)(O)c1cccs1.I. The molecule has 156 valence electrons. The van der Waals surface area contributed by atoms with E-state index in [1.54, 1.807) is 17.5 Å². The molecule has 0 saturated carbocycles. The first-order valence-corrected chi connectivity index (χ1v) is 10.3. The van der Waals surface area contributed by atoms with Gasteiger partial charge in [0.15, 0.2) is 5.96 Å². The molecule has 3 rings (SSSR count). The van der Waals surface area contributed by atoms with Crippen molar-refractivity contribution < 1.29 is 5.11 Å². The summed E-state index contributed by atoms with van der Waals surface area (Å²) < 4.78 is 2.04. The molecule has 0 aliphatic carbocycles. The second-order valence-corrected chi connectivity index (χ2v) is 7.80. The minimum Gasteiger partial charge on any atom is -0.383 e. The van der Waals surface area contributed by atoms with Gasteiger partial charge in [-0.3, -0.25) is 0 Å². The Kier molecular flexibility index (Phi) is 9.12. The zero-order chi connectivity index (χ0) is 19.8. The molecule has 0 aliphatic rings. The summed E-state index contributed by atoms with van der Waals surface area (Å²) in [6.45, 7) is 6.38. The van der Waals surface area contributed by atoms with Gasteiger partial charge in [0.1, 0.15) is 5.60 Å². The van der Waals surface area contributed by atoms with Crippen LogP contribution in [-0.2, 0) is 18.7 Å². The number of aliphatic imine (C=N–C) groups is 1. The van der Waals surface area contributed by atoms with Crippen LogP contribution in [0.25, 0.3) is 0 Å². The van der Waals surface area contributed by atoms with E-state index in [2.05, 4.69) is 44.9 Å². The maximum Gasteiger partial charge on any atom is 0.191 e. The first-order valence-electron chi connectivity index (χ1n) is 9.39. The number of hydrogen-bond donors (Lipinski definition) is 3. The summed E-state index contributed by atoms with van der Waals surface area (Å²) in [5.74, 6) is 0.696. The highest BCUT2D eigenvalue weighted by molar-refractivity contribution is 14.0. The lowest BCUT2D eigenvalue weighted by Crippen LogP contribution is -2.44. The van der Waals surface area contributed by atoms with Crippen molar-refractivity contribution in [2.45, 2.75) is 32.5 Å². The number of halogens is 1. The lowest BCUT2D eigenvalue weighted by Gasteiger charge is -2.23. The van der Waals surface area contributed by atoms with Crippen molar-refractivity contribution in [1.29, 1.82) is 0 Å². The lowest BCUT2D eigenvalue weighted by molar-refractivity contribution is 0.0655. The van der Waals surface area contributed by atoms with Gasteiger partial charge >= 0.3 is 0 Å². The van der Waals surface area contributed by atoms with E-state index in [1.165, 1.54) is 5.56 Å². The number of aliphatic hydroxyl groups is 1. The van der Waals surface area contributed by atoms with Crippen molar-refractivity contribution in [3.63, 3.8) is 0 Å². The molecule has 29 heavy (non-hydrogen) atoms. The number of nitrogens with one attached hydrogen (secondary N) is 2. The first-order chi connectivity index (χ1) is 13.6. The highest BCUT2D eigenvalue weighted by Gasteiger charge is 2.24. The van der Waals surface area contributed by atoms with E-state index < -0.39 is 5.60 Å². The second-order valence-electron chi connectivity index (χ2n) is 6.85. The summed E-state index contributed by atoms with van der Waals surface area (Å²) in [7, 11) is 0. The Bertz CT molecular complexity index is 861. The predicted octanol–water partition coefficient (Wildman–Crippen LogP) is 3.57. The lowest BCUT2D eigenvalue weighted by atomic mass is 10.1. The first kappa shape index (κ1) is 23.4. The van der Waals surface area contributed by atoms with Crippen LogP contribution >= 0.6 is 35.3 Å². The van der Waals surface area contributed by atoms with Crippen LogP contribution in [0.4, 0.5) is 0 Å². The summed E-state index contributed by atoms with van der Waals surface area (Å²) in [6.07, 6.45) is 5.56. The van der Waals surface area contributed by atoms with Crippen LogP contribution < -0.4 is 10.6 Å². The van der Waals surface area contributed by atoms with Crippen molar-refractivity contribution in [3.8, 4) is 0 Å². The van der Waals surface area contributed by atoms with E-state index in [9.17, 15) is 5.11 Å². The zero-order valence-electron chi connectivity index (χ0n) is 16.7. The van der Waals surface area contributed by atoms with Gasteiger partial charge in [0.05, 0.1) is 19.4 Å². The number of aromatic nitrogens is 2. The van der Waals surface area contributed by atoms with Crippen molar-refractivity contribution in [2.75, 3.05) is 13.1 Å². The Balaban J connectivity index is 0.00000300. The number of rotatable bonds is 8. The van der Waals surface area contributed by atoms with Crippen molar-refractivity contribution in [1.82, 2.24) is 20.2 Å². The molecule has 0 saturated heterocycles. The summed E-state index contributed by atoms with van der Waals surface area (Å²) >= 11 is 1.55. The Morgan fingerprint density at radius 1 is 1.21 bits per heavy atom. The molecule has 1 unspecified atom stereocenters. The van der Waals surface area contributed by atoms with Crippen LogP contribution in [0.15, 0.2) is 65.5 Å². The van der Waals surface area contributed by atoms with E-state index in [0.717, 1.165) is 23.5 Å². The third-order valence-electron chi connectivity index (χ3n) is 4.36. The van der Waals surface area contributed by atoms with Crippen LogP contribution in [-0.4, -0.2) is 33.7 Å². The van der Waals surface area contributed by atoms with Gasteiger partial charge in [-0.15, -0.1) is 35.3 Å². The highest BCUT2D eigenvalue weighted by Crippen LogP contribution is 2.24. The monoisotopic (exact) mass is 525 g/mol. The molecule has 8 heteroatoms. The van der Waals surface area contributed by atoms with Gasteiger partial charge in [-0.2, -0.15) is 0 Å². The molecule has 1 aromatic carbocycles. The van der Waals surface area contributed by atoms with Crippen molar-refractivity contribution in [3.05, 3.63) is 76.5 Å². The maximum absolute atomic E-state index is 10.7. The van der Waals surface area contributed by atoms with E-state index in [1.807, 2.05) is 48.5 Å². The summed E-state index contributed by atoms with van der Waals surface area (Å²) in [5, 5.41) is 19.1. The molecule has 0 bridgehead atoms. The smallest absolute Gasteiger partial charge is 0.191 e. The average Bonchev–Trinajstić information content (AvgIpc) is 3.39. The molecule has 6 nitrogen and oxygen atoms in total. The van der Waals surface area contributed by atoms with Crippen LogP contribution in [0.2, 0.25) is 0 Å². The van der Waals surface area contributed by atoms with E-state index in [-0.39, 0.29) is 24.0 Å². The van der Waals surface area contributed by atoms with Crippen LogP contribution in [0.3, 0.4) is 0 Å². The van der Waals surface area contributed by atoms with Crippen LogP contribution in [0, 0.1) is 0 Å². The van der Waals surface area contributed by atoms with Gasteiger partial charge in [-0.05, 0) is 36.4 Å². The Morgan fingerprint density at radius 3 is 2.59 bits per heavy atom. The molecule has 0 radical (unpaired) electrons. The highest BCUT2D eigenvalue weighted by atomic mass is 127.